The molecule has 8 heteroatoms. The molecule has 0 aliphatic rings. The van der Waals surface area contributed by atoms with E-state index >= 15 is 0 Å². The highest BCUT2D eigenvalue weighted by atomic mass is 35.5. The number of nitrogens with one attached hydrogen (secondary N) is 1. The van der Waals surface area contributed by atoms with E-state index in [-0.39, 0.29) is 17.7 Å². The molecular formula is C18H12Cl3N3O2. The fraction of sp³-hybridized carbons (Fsp3) is 0.0556. The highest BCUT2D eigenvalue weighted by Crippen LogP contribution is 2.28. The van der Waals surface area contributed by atoms with Gasteiger partial charge in [0, 0.05) is 16.7 Å². The third-order valence-corrected chi connectivity index (χ3v) is 4.10. The smallest absolute Gasteiger partial charge is 0.256 e. The maximum absolute atomic E-state index is 12.3. The molecule has 26 heavy (non-hydrogen) atoms. The Kier molecular flexibility index (Phi) is 5.93. The summed E-state index contributed by atoms with van der Waals surface area (Å²) in [5.41, 5.74) is 1.26. The Hall–Kier alpha value is -2.34. The number of ether oxygens (including phenoxy) is 1. The highest BCUT2D eigenvalue weighted by molar-refractivity contribution is 6.34. The van der Waals surface area contributed by atoms with Gasteiger partial charge in [0.2, 0.25) is 0 Å². The lowest BCUT2D eigenvalue weighted by Gasteiger charge is -2.10. The van der Waals surface area contributed by atoms with Crippen LogP contribution >= 0.6 is 34.8 Å². The molecule has 5 nitrogen and oxygen atoms in total. The third kappa shape index (κ3) is 4.85. The van der Waals surface area contributed by atoms with Crippen molar-refractivity contribution < 1.29 is 9.53 Å². The van der Waals surface area contributed by atoms with Crippen LogP contribution in [-0.2, 0) is 6.61 Å². The molecule has 2 aromatic carbocycles. The number of hydrogen-bond acceptors (Lipinski definition) is 4. The lowest BCUT2D eigenvalue weighted by molar-refractivity contribution is 0.102. The van der Waals surface area contributed by atoms with Crippen molar-refractivity contribution in [2.75, 3.05) is 5.32 Å². The summed E-state index contributed by atoms with van der Waals surface area (Å²) < 4.78 is 5.68. The molecule has 0 fully saturated rings. The number of anilines is 1. The van der Waals surface area contributed by atoms with Crippen LogP contribution < -0.4 is 10.1 Å². The summed E-state index contributed by atoms with van der Waals surface area (Å²) in [7, 11) is 0. The van der Waals surface area contributed by atoms with Gasteiger partial charge < -0.3 is 10.1 Å². The molecule has 0 spiro atoms. The second-order valence-electron chi connectivity index (χ2n) is 5.26. The van der Waals surface area contributed by atoms with Gasteiger partial charge in [0.05, 0.1) is 5.02 Å². The van der Waals surface area contributed by atoms with Crippen LogP contribution in [0.25, 0.3) is 0 Å². The summed E-state index contributed by atoms with van der Waals surface area (Å²) in [6.45, 7) is 0.238. The van der Waals surface area contributed by atoms with Gasteiger partial charge in [-0.05, 0) is 42.0 Å². The largest absolute Gasteiger partial charge is 0.487 e. The Balaban J connectivity index is 1.68. The molecule has 0 aliphatic heterocycles. The third-order valence-electron chi connectivity index (χ3n) is 3.35. The monoisotopic (exact) mass is 407 g/mol. The van der Waals surface area contributed by atoms with Crippen molar-refractivity contribution in [2.24, 2.45) is 0 Å². The van der Waals surface area contributed by atoms with Gasteiger partial charge in [-0.3, -0.25) is 4.79 Å². The van der Waals surface area contributed by atoms with Gasteiger partial charge in [0.25, 0.3) is 5.91 Å². The van der Waals surface area contributed by atoms with E-state index in [0.717, 1.165) is 5.56 Å². The van der Waals surface area contributed by atoms with Gasteiger partial charge in [-0.2, -0.15) is 0 Å². The maximum Gasteiger partial charge on any atom is 0.256 e. The van der Waals surface area contributed by atoms with Crippen molar-refractivity contribution in [1.29, 1.82) is 0 Å². The van der Waals surface area contributed by atoms with Gasteiger partial charge >= 0.3 is 0 Å². The van der Waals surface area contributed by atoms with Gasteiger partial charge in [-0.25, -0.2) is 0 Å². The zero-order valence-electron chi connectivity index (χ0n) is 13.2. The van der Waals surface area contributed by atoms with Crippen molar-refractivity contribution in [1.82, 2.24) is 10.2 Å². The van der Waals surface area contributed by atoms with Gasteiger partial charge in [-0.1, -0.05) is 46.9 Å². The van der Waals surface area contributed by atoms with Crippen LogP contribution in [-0.4, -0.2) is 16.1 Å². The Morgan fingerprint density at radius 2 is 1.85 bits per heavy atom. The molecule has 0 radical (unpaired) electrons. The number of benzene rings is 2. The first-order chi connectivity index (χ1) is 12.5. The first-order valence-electron chi connectivity index (χ1n) is 7.48. The van der Waals surface area contributed by atoms with Crippen molar-refractivity contribution >= 4 is 46.5 Å². The predicted molar refractivity (Wildman–Crippen MR) is 102 cm³/mol. The van der Waals surface area contributed by atoms with Crippen molar-refractivity contribution in [2.45, 2.75) is 6.61 Å². The Morgan fingerprint density at radius 1 is 1.00 bits per heavy atom. The Bertz CT molecular complexity index is 933. The number of carbonyl (C=O) groups excluding carboxylic acids is 1. The van der Waals surface area contributed by atoms with E-state index in [9.17, 15) is 4.79 Å². The standard InChI is InChI=1S/C18H12Cl3N3O2/c19-13-4-5-14(20)15(9-13)26-10-11-2-1-3-12(8-11)18(25)22-17-7-6-16(21)23-24-17/h1-9H,10H2,(H,22,24,25). The minimum absolute atomic E-state index is 0.238. The number of rotatable bonds is 5. The second-order valence-corrected chi connectivity index (χ2v) is 6.49. The lowest BCUT2D eigenvalue weighted by atomic mass is 10.1. The second kappa shape index (κ2) is 8.36. The van der Waals surface area contributed by atoms with E-state index in [1.807, 2.05) is 6.07 Å². The zero-order chi connectivity index (χ0) is 18.5. The first-order valence-corrected chi connectivity index (χ1v) is 8.62. The summed E-state index contributed by atoms with van der Waals surface area (Å²) in [6, 6.07) is 15.1. The van der Waals surface area contributed by atoms with Gasteiger partial charge in [0.15, 0.2) is 11.0 Å². The van der Waals surface area contributed by atoms with Crippen LogP contribution in [0.4, 0.5) is 5.82 Å². The van der Waals surface area contributed by atoms with Crippen molar-refractivity contribution in [3.8, 4) is 5.75 Å². The van der Waals surface area contributed by atoms with Crippen LogP contribution in [0.1, 0.15) is 15.9 Å². The lowest BCUT2D eigenvalue weighted by Crippen LogP contribution is -2.13. The summed E-state index contributed by atoms with van der Waals surface area (Å²) in [5, 5.41) is 11.4. The molecule has 1 amide bonds. The summed E-state index contributed by atoms with van der Waals surface area (Å²) in [4.78, 5) is 12.3. The maximum atomic E-state index is 12.3. The van der Waals surface area contributed by atoms with E-state index < -0.39 is 0 Å². The average molecular weight is 409 g/mol. The molecule has 3 rings (SSSR count). The molecule has 0 saturated carbocycles. The SMILES string of the molecule is O=C(Nc1ccc(Cl)nn1)c1cccc(COc2cc(Cl)ccc2Cl)c1. The molecule has 3 aromatic rings. The predicted octanol–water partition coefficient (Wildman–Crippen LogP) is 5.27. The minimum Gasteiger partial charge on any atom is -0.487 e. The molecule has 1 N–H and O–H groups in total. The van der Waals surface area contributed by atoms with Crippen molar-refractivity contribution in [3.63, 3.8) is 0 Å². The van der Waals surface area contributed by atoms with Crippen LogP contribution in [0.15, 0.2) is 54.6 Å². The molecular weight excluding hydrogens is 397 g/mol. The summed E-state index contributed by atoms with van der Waals surface area (Å²) in [6.07, 6.45) is 0. The Labute approximate surface area is 164 Å². The highest BCUT2D eigenvalue weighted by Gasteiger charge is 2.09. The normalized spacial score (nSPS) is 10.4. The molecule has 0 bridgehead atoms. The van der Waals surface area contributed by atoms with Crippen LogP contribution in [0.5, 0.6) is 5.75 Å². The molecule has 0 unspecified atom stereocenters. The molecule has 1 aromatic heterocycles. The number of amides is 1. The zero-order valence-corrected chi connectivity index (χ0v) is 15.5. The number of nitrogens with zero attached hydrogens (tertiary/aromatic N) is 2. The van der Waals surface area contributed by atoms with Gasteiger partial charge in [-0.15, -0.1) is 10.2 Å². The topological polar surface area (TPSA) is 64.1 Å². The quantitative estimate of drug-likeness (QED) is 0.625. The van der Waals surface area contributed by atoms with E-state index in [1.54, 1.807) is 48.5 Å². The van der Waals surface area contributed by atoms with Gasteiger partial charge in [0.1, 0.15) is 12.4 Å². The van der Waals surface area contributed by atoms with Crippen LogP contribution in [0.2, 0.25) is 15.2 Å². The summed E-state index contributed by atoms with van der Waals surface area (Å²) >= 11 is 17.7. The van der Waals surface area contributed by atoms with E-state index in [1.165, 1.54) is 0 Å². The minimum atomic E-state index is -0.315. The van der Waals surface area contributed by atoms with E-state index in [2.05, 4.69) is 15.5 Å². The van der Waals surface area contributed by atoms with E-state index in [0.29, 0.717) is 27.2 Å². The molecule has 0 saturated heterocycles. The number of hydrogen-bond donors (Lipinski definition) is 1. The number of halogens is 3. The summed E-state index contributed by atoms with van der Waals surface area (Å²) in [5.74, 6) is 0.474. The van der Waals surface area contributed by atoms with Crippen LogP contribution in [0, 0.1) is 0 Å². The molecule has 0 aliphatic carbocycles. The first kappa shape index (κ1) is 18.5. The van der Waals surface area contributed by atoms with Crippen LogP contribution in [0.3, 0.4) is 0 Å². The number of carbonyl (C=O) groups is 1. The number of aromatic nitrogens is 2. The molecule has 1 heterocycles. The fourth-order valence-electron chi connectivity index (χ4n) is 2.12. The fourth-order valence-corrected chi connectivity index (χ4v) is 2.56. The Morgan fingerprint density at radius 3 is 2.62 bits per heavy atom. The molecule has 0 atom stereocenters. The van der Waals surface area contributed by atoms with E-state index in [4.69, 9.17) is 39.5 Å². The average Bonchev–Trinajstić information content (AvgIpc) is 2.64. The van der Waals surface area contributed by atoms with Crippen molar-refractivity contribution in [3.05, 3.63) is 80.9 Å². The molecule has 132 valence electrons.